The van der Waals surface area contributed by atoms with Crippen LogP contribution in [0.1, 0.15) is 13.3 Å². The average Bonchev–Trinajstić information content (AvgIpc) is 2.45. The van der Waals surface area contributed by atoms with E-state index >= 15 is 0 Å². The maximum absolute atomic E-state index is 11.9. The molecule has 1 aliphatic heterocycles. The third-order valence-electron chi connectivity index (χ3n) is 3.04. The van der Waals surface area contributed by atoms with Crippen molar-refractivity contribution in [2.75, 3.05) is 31.6 Å². The van der Waals surface area contributed by atoms with Crippen LogP contribution >= 0.6 is 11.8 Å². The molecular formula is C12H19N3O4S. The van der Waals surface area contributed by atoms with Crippen molar-refractivity contribution in [2.24, 2.45) is 0 Å². The fraction of sp³-hybridized carbons (Fsp3) is 0.667. The molecule has 0 aromatic heterocycles. The Morgan fingerprint density at radius 3 is 2.65 bits per heavy atom. The van der Waals surface area contributed by atoms with Crippen LogP contribution in [0.2, 0.25) is 0 Å². The second-order valence-electron chi connectivity index (χ2n) is 4.32. The van der Waals surface area contributed by atoms with Gasteiger partial charge in [0.2, 0.25) is 0 Å². The van der Waals surface area contributed by atoms with E-state index in [4.69, 9.17) is 0 Å². The second kappa shape index (κ2) is 7.88. The number of nitrogens with one attached hydrogen (secondary N) is 1. The molecule has 0 aromatic rings. The van der Waals surface area contributed by atoms with Gasteiger partial charge in [-0.2, -0.15) is 11.8 Å². The quantitative estimate of drug-likeness (QED) is 0.538. The molecule has 0 bridgehead atoms. The molecule has 0 aliphatic carbocycles. The lowest BCUT2D eigenvalue weighted by Crippen LogP contribution is -2.59. The van der Waals surface area contributed by atoms with E-state index < -0.39 is 23.9 Å². The van der Waals surface area contributed by atoms with Gasteiger partial charge in [-0.1, -0.05) is 0 Å². The number of likely N-dealkylation sites (N-methyl/N-ethyl adjacent to an activating group) is 1. The van der Waals surface area contributed by atoms with Gasteiger partial charge >= 0.3 is 17.8 Å². The minimum atomic E-state index is -0.842. The molecule has 1 fully saturated rings. The molecule has 112 valence electrons. The molecule has 0 aromatic carbocycles. The fourth-order valence-electron chi connectivity index (χ4n) is 1.83. The maximum Gasteiger partial charge on any atom is 0.325 e. The molecule has 1 rings (SSSR count). The van der Waals surface area contributed by atoms with Gasteiger partial charge in [0, 0.05) is 19.6 Å². The number of urea groups is 1. The zero-order chi connectivity index (χ0) is 15.1. The van der Waals surface area contributed by atoms with E-state index in [9.17, 15) is 19.2 Å². The number of hydrogen-bond donors (Lipinski definition) is 1. The molecule has 4 amide bonds. The number of nitrogens with zero attached hydrogens (tertiary/aromatic N) is 2. The maximum atomic E-state index is 11.9. The SMILES string of the molecule is CCN1CCN(C(=O)N[C@H](C=O)CCSC)C(=O)C1=O. The first-order chi connectivity index (χ1) is 9.54. The number of carbonyl (C=O) groups is 4. The topological polar surface area (TPSA) is 86.8 Å². The fourth-order valence-corrected chi connectivity index (χ4v) is 2.32. The molecular weight excluding hydrogens is 282 g/mol. The van der Waals surface area contributed by atoms with Gasteiger partial charge in [-0.3, -0.25) is 14.5 Å². The van der Waals surface area contributed by atoms with E-state index in [0.29, 0.717) is 25.8 Å². The molecule has 8 heteroatoms. The van der Waals surface area contributed by atoms with Crippen LogP contribution in [0, 0.1) is 0 Å². The van der Waals surface area contributed by atoms with Gasteiger partial charge in [-0.05, 0) is 25.4 Å². The third-order valence-corrected chi connectivity index (χ3v) is 3.69. The molecule has 7 nitrogen and oxygen atoms in total. The molecule has 1 atom stereocenters. The summed E-state index contributed by atoms with van der Waals surface area (Å²) >= 11 is 1.56. The van der Waals surface area contributed by atoms with Crippen LogP contribution in [0.25, 0.3) is 0 Å². The standard InChI is InChI=1S/C12H19N3O4S/c1-3-14-5-6-15(11(18)10(14)17)12(19)13-9(8-16)4-7-20-2/h8-9H,3-7H2,1-2H3,(H,13,19)/t9-/m0/s1. The van der Waals surface area contributed by atoms with Gasteiger partial charge in [0.25, 0.3) is 0 Å². The predicted molar refractivity (Wildman–Crippen MR) is 75.3 cm³/mol. The van der Waals surface area contributed by atoms with Gasteiger partial charge in [0.05, 0.1) is 6.04 Å². The number of carbonyl (C=O) groups excluding carboxylic acids is 4. The Labute approximate surface area is 122 Å². The first-order valence-corrected chi connectivity index (χ1v) is 7.80. The first-order valence-electron chi connectivity index (χ1n) is 6.40. The van der Waals surface area contributed by atoms with Crippen LogP contribution in [0.4, 0.5) is 4.79 Å². The zero-order valence-corrected chi connectivity index (χ0v) is 12.4. The molecule has 0 saturated carbocycles. The number of hydrogen-bond acceptors (Lipinski definition) is 5. The molecule has 0 spiro atoms. The molecule has 1 saturated heterocycles. The minimum Gasteiger partial charge on any atom is -0.333 e. The summed E-state index contributed by atoms with van der Waals surface area (Å²) in [6.07, 6.45) is 3.03. The summed E-state index contributed by atoms with van der Waals surface area (Å²) in [6, 6.07) is -1.32. The van der Waals surface area contributed by atoms with Crippen LogP contribution in [-0.2, 0) is 14.4 Å². The first kappa shape index (κ1) is 16.5. The Bertz CT molecular complexity index is 402. The highest BCUT2D eigenvalue weighted by molar-refractivity contribution is 7.98. The van der Waals surface area contributed by atoms with Gasteiger partial charge in [0.1, 0.15) is 6.29 Å². The smallest absolute Gasteiger partial charge is 0.325 e. The summed E-state index contributed by atoms with van der Waals surface area (Å²) in [5.74, 6) is -0.800. The summed E-state index contributed by atoms with van der Waals surface area (Å²) in [5, 5.41) is 2.47. The van der Waals surface area contributed by atoms with Crippen molar-refractivity contribution >= 4 is 35.9 Å². The van der Waals surface area contributed by atoms with E-state index in [1.807, 2.05) is 6.26 Å². The van der Waals surface area contributed by atoms with E-state index in [1.54, 1.807) is 18.7 Å². The average molecular weight is 301 g/mol. The van der Waals surface area contributed by atoms with E-state index in [2.05, 4.69) is 5.32 Å². The van der Waals surface area contributed by atoms with Crippen LogP contribution in [0.3, 0.4) is 0 Å². The summed E-state index contributed by atoms with van der Waals surface area (Å²) in [4.78, 5) is 48.5. The Hall–Kier alpha value is -1.57. The minimum absolute atomic E-state index is 0.151. The number of imide groups is 1. The Morgan fingerprint density at radius 2 is 2.10 bits per heavy atom. The van der Waals surface area contributed by atoms with Crippen molar-refractivity contribution in [3.63, 3.8) is 0 Å². The molecule has 1 aliphatic rings. The van der Waals surface area contributed by atoms with E-state index in [1.165, 1.54) is 4.90 Å². The van der Waals surface area contributed by atoms with Gasteiger partial charge in [-0.15, -0.1) is 0 Å². The zero-order valence-electron chi connectivity index (χ0n) is 11.6. The molecule has 20 heavy (non-hydrogen) atoms. The highest BCUT2D eigenvalue weighted by Gasteiger charge is 2.35. The lowest BCUT2D eigenvalue weighted by Gasteiger charge is -2.32. The van der Waals surface area contributed by atoms with Crippen molar-refractivity contribution in [1.82, 2.24) is 15.1 Å². The van der Waals surface area contributed by atoms with Crippen LogP contribution in [0.15, 0.2) is 0 Å². The second-order valence-corrected chi connectivity index (χ2v) is 5.30. The number of amides is 4. The number of thioether (sulfide) groups is 1. The highest BCUT2D eigenvalue weighted by Crippen LogP contribution is 2.06. The Balaban J connectivity index is 2.61. The lowest BCUT2D eigenvalue weighted by atomic mass is 10.2. The summed E-state index contributed by atoms with van der Waals surface area (Å²) in [7, 11) is 0. The van der Waals surface area contributed by atoms with Crippen LogP contribution in [-0.4, -0.2) is 71.6 Å². The van der Waals surface area contributed by atoms with Gasteiger partial charge in [-0.25, -0.2) is 4.79 Å². The third kappa shape index (κ3) is 3.96. The van der Waals surface area contributed by atoms with E-state index in [0.717, 1.165) is 10.7 Å². The van der Waals surface area contributed by atoms with Crippen molar-refractivity contribution in [1.29, 1.82) is 0 Å². The normalized spacial score (nSPS) is 17.1. The van der Waals surface area contributed by atoms with Crippen molar-refractivity contribution in [3.8, 4) is 0 Å². The van der Waals surface area contributed by atoms with Gasteiger partial charge in [0.15, 0.2) is 0 Å². The summed E-state index contributed by atoms with van der Waals surface area (Å²) in [6.45, 7) is 2.68. The monoisotopic (exact) mass is 301 g/mol. The van der Waals surface area contributed by atoms with E-state index in [-0.39, 0.29) is 6.54 Å². The highest BCUT2D eigenvalue weighted by atomic mass is 32.2. The number of rotatable bonds is 6. The van der Waals surface area contributed by atoms with Crippen LogP contribution < -0.4 is 5.32 Å². The van der Waals surface area contributed by atoms with Crippen molar-refractivity contribution in [3.05, 3.63) is 0 Å². The van der Waals surface area contributed by atoms with Gasteiger partial charge < -0.3 is 15.0 Å². The predicted octanol–water partition coefficient (Wildman–Crippen LogP) is -0.293. The van der Waals surface area contributed by atoms with Crippen molar-refractivity contribution < 1.29 is 19.2 Å². The largest absolute Gasteiger partial charge is 0.333 e. The Morgan fingerprint density at radius 1 is 1.40 bits per heavy atom. The molecule has 0 radical (unpaired) electrons. The summed E-state index contributed by atoms with van der Waals surface area (Å²) < 4.78 is 0. The molecule has 1 heterocycles. The number of aldehydes is 1. The summed E-state index contributed by atoms with van der Waals surface area (Å²) in [5.41, 5.74) is 0. The molecule has 0 unspecified atom stereocenters. The number of piperazine rings is 1. The lowest BCUT2D eigenvalue weighted by molar-refractivity contribution is -0.153. The molecule has 1 N–H and O–H groups in total. The Kier molecular flexibility index (Phi) is 6.50. The van der Waals surface area contributed by atoms with Crippen molar-refractivity contribution in [2.45, 2.75) is 19.4 Å². The van der Waals surface area contributed by atoms with Crippen LogP contribution in [0.5, 0.6) is 0 Å².